The van der Waals surface area contributed by atoms with Crippen LogP contribution in [0.15, 0.2) is 40.4 Å². The summed E-state index contributed by atoms with van der Waals surface area (Å²) in [4.78, 5) is 12.5. The van der Waals surface area contributed by atoms with Crippen LogP contribution in [0.2, 0.25) is 0 Å². The first-order valence-electron chi connectivity index (χ1n) is 9.03. The lowest BCUT2D eigenvalue weighted by Gasteiger charge is -2.28. The highest BCUT2D eigenvalue weighted by atomic mass is 32.2. The van der Waals surface area contributed by atoms with Crippen molar-refractivity contribution in [2.45, 2.75) is 24.6 Å². The molecule has 0 saturated heterocycles. The summed E-state index contributed by atoms with van der Waals surface area (Å²) >= 11 is 0. The smallest absolute Gasteiger partial charge is 0.498 e. The second-order valence-corrected chi connectivity index (χ2v) is 9.46. The number of aryl methyl sites for hydroxylation is 1. The molecule has 1 aromatic heterocycles. The third-order valence-electron chi connectivity index (χ3n) is 4.95. The minimum Gasteiger partial charge on any atom is -0.498 e. The van der Waals surface area contributed by atoms with Crippen LogP contribution in [0.4, 0.5) is 8.78 Å². The predicted molar refractivity (Wildman–Crippen MR) is 111 cm³/mol. The van der Waals surface area contributed by atoms with Gasteiger partial charge in [-0.3, -0.25) is 4.79 Å². The number of halogens is 2. The molecule has 1 heterocycles. The Kier molecular flexibility index (Phi) is 7.64. The average molecular weight is 474 g/mol. The van der Waals surface area contributed by atoms with Gasteiger partial charge < -0.3 is 29.2 Å². The maximum absolute atomic E-state index is 14.7. The summed E-state index contributed by atoms with van der Waals surface area (Å²) in [7, 11) is -5.22. The van der Waals surface area contributed by atoms with Crippen molar-refractivity contribution in [1.29, 1.82) is 0 Å². The monoisotopic (exact) mass is 474 g/mol. The standard InChI is InChI=1S/C18H21BF2N2O8S/c1-18(32(3,28)29,17(22-27)31-19(25)26)6-7-23-10-15(21)13(9-16(23)24)12-5-4-11(30-2)8-14(12)20/h4-5,8-10,25-27H,6-7H2,1-3H3/b22-17-. The Bertz CT molecular complexity index is 1190. The number of nitrogens with zero attached hydrogens (tertiary/aromatic N) is 2. The average Bonchev–Trinajstić information content (AvgIpc) is 2.71. The third kappa shape index (κ3) is 5.26. The molecule has 2 aromatic rings. The van der Waals surface area contributed by atoms with E-state index in [0.717, 1.165) is 36.1 Å². The lowest BCUT2D eigenvalue weighted by atomic mass is 10.0. The maximum atomic E-state index is 14.7. The molecule has 32 heavy (non-hydrogen) atoms. The highest BCUT2D eigenvalue weighted by Crippen LogP contribution is 2.28. The van der Waals surface area contributed by atoms with Gasteiger partial charge in [-0.15, -0.1) is 0 Å². The molecular weight excluding hydrogens is 453 g/mol. The van der Waals surface area contributed by atoms with E-state index in [1.165, 1.54) is 19.2 Å². The van der Waals surface area contributed by atoms with E-state index in [1.807, 2.05) is 0 Å². The van der Waals surface area contributed by atoms with E-state index in [4.69, 9.17) is 20.0 Å². The lowest BCUT2D eigenvalue weighted by molar-refractivity contribution is 0.246. The summed E-state index contributed by atoms with van der Waals surface area (Å²) in [5, 5.41) is 29.7. The SMILES string of the molecule is COc1ccc(-c2cc(=O)n(CCC(C)(/C(=N/O)OB(O)O)S(C)(=O)=O)cc2F)c(F)c1. The predicted octanol–water partition coefficient (Wildman–Crippen LogP) is 0.769. The number of aromatic nitrogens is 1. The second kappa shape index (κ2) is 9.67. The zero-order valence-corrected chi connectivity index (χ0v) is 18.1. The molecule has 1 aromatic carbocycles. The number of pyridine rings is 1. The molecule has 2 rings (SSSR count). The van der Waals surface area contributed by atoms with Gasteiger partial charge in [-0.2, -0.15) is 0 Å². The molecule has 10 nitrogen and oxygen atoms in total. The van der Waals surface area contributed by atoms with Crippen molar-refractivity contribution >= 4 is 23.1 Å². The van der Waals surface area contributed by atoms with Crippen molar-refractivity contribution in [2.24, 2.45) is 5.16 Å². The van der Waals surface area contributed by atoms with Crippen molar-refractivity contribution in [3.05, 3.63) is 52.5 Å². The number of ether oxygens (including phenoxy) is 1. The topological polar surface area (TPSA) is 148 Å². The largest absolute Gasteiger partial charge is 0.708 e. The van der Waals surface area contributed by atoms with Crippen LogP contribution in [0.1, 0.15) is 13.3 Å². The fraction of sp³-hybridized carbons (Fsp3) is 0.333. The fourth-order valence-electron chi connectivity index (χ4n) is 2.91. The summed E-state index contributed by atoms with van der Waals surface area (Å²) in [5.41, 5.74) is -1.24. The minimum absolute atomic E-state index is 0.173. The summed E-state index contributed by atoms with van der Waals surface area (Å²) in [6.07, 6.45) is 1.10. The molecule has 174 valence electrons. The summed E-state index contributed by atoms with van der Waals surface area (Å²) in [6.45, 7) is 0.677. The van der Waals surface area contributed by atoms with Gasteiger partial charge in [0.2, 0.25) is 5.90 Å². The molecule has 1 unspecified atom stereocenters. The molecule has 0 fully saturated rings. The first-order valence-corrected chi connectivity index (χ1v) is 10.9. The summed E-state index contributed by atoms with van der Waals surface area (Å²) in [6, 6.07) is 4.53. The molecule has 0 spiro atoms. The quantitative estimate of drug-likeness (QED) is 0.167. The van der Waals surface area contributed by atoms with Crippen LogP contribution < -0.4 is 10.3 Å². The highest BCUT2D eigenvalue weighted by Gasteiger charge is 2.44. The molecule has 0 radical (unpaired) electrons. The first kappa shape index (κ1) is 25.3. The van der Waals surface area contributed by atoms with Crippen molar-refractivity contribution in [1.82, 2.24) is 4.57 Å². The van der Waals surface area contributed by atoms with Gasteiger partial charge in [0, 0.05) is 42.3 Å². The second-order valence-electron chi connectivity index (χ2n) is 7.01. The zero-order valence-electron chi connectivity index (χ0n) is 17.3. The molecule has 0 aliphatic carbocycles. The van der Waals surface area contributed by atoms with Gasteiger partial charge in [0.05, 0.1) is 7.11 Å². The van der Waals surface area contributed by atoms with E-state index in [-0.39, 0.29) is 16.9 Å². The third-order valence-corrected chi connectivity index (χ3v) is 6.97. The summed E-state index contributed by atoms with van der Waals surface area (Å²) < 4.78 is 61.7. The molecule has 1 atom stereocenters. The molecule has 0 aliphatic heterocycles. The highest BCUT2D eigenvalue weighted by molar-refractivity contribution is 7.92. The van der Waals surface area contributed by atoms with Gasteiger partial charge in [-0.1, -0.05) is 5.16 Å². The number of rotatable bonds is 8. The van der Waals surface area contributed by atoms with Crippen LogP contribution in [-0.4, -0.2) is 59.6 Å². The van der Waals surface area contributed by atoms with Crippen molar-refractivity contribution in [3.8, 4) is 16.9 Å². The number of hydrogen-bond donors (Lipinski definition) is 3. The van der Waals surface area contributed by atoms with E-state index < -0.39 is 58.0 Å². The number of methoxy groups -OCH3 is 1. The van der Waals surface area contributed by atoms with Gasteiger partial charge in [0.25, 0.3) is 5.56 Å². The van der Waals surface area contributed by atoms with Crippen LogP contribution in [0.25, 0.3) is 11.1 Å². The van der Waals surface area contributed by atoms with Crippen molar-refractivity contribution < 1.29 is 41.8 Å². The number of benzene rings is 1. The normalized spacial score (nSPS) is 14.0. The van der Waals surface area contributed by atoms with Gasteiger partial charge in [0.1, 0.15) is 22.1 Å². The van der Waals surface area contributed by atoms with Gasteiger partial charge in [0.15, 0.2) is 9.84 Å². The van der Waals surface area contributed by atoms with Crippen LogP contribution in [-0.2, 0) is 21.0 Å². The first-order chi connectivity index (χ1) is 14.8. The van der Waals surface area contributed by atoms with Gasteiger partial charge in [-0.25, -0.2) is 17.2 Å². The van der Waals surface area contributed by atoms with E-state index in [1.54, 1.807) is 0 Å². The Morgan fingerprint density at radius 3 is 2.38 bits per heavy atom. The Morgan fingerprint density at radius 1 is 1.22 bits per heavy atom. The Balaban J connectivity index is 2.41. The molecule has 14 heteroatoms. The van der Waals surface area contributed by atoms with Gasteiger partial charge >= 0.3 is 7.32 Å². The van der Waals surface area contributed by atoms with Crippen molar-refractivity contribution in [3.63, 3.8) is 0 Å². The van der Waals surface area contributed by atoms with E-state index in [9.17, 15) is 22.0 Å². The maximum Gasteiger partial charge on any atom is 0.708 e. The fourth-order valence-corrected chi connectivity index (χ4v) is 3.77. The van der Waals surface area contributed by atoms with Crippen LogP contribution >= 0.6 is 0 Å². The molecule has 3 N–H and O–H groups in total. The molecule has 0 saturated carbocycles. The van der Waals surface area contributed by atoms with E-state index in [0.29, 0.717) is 0 Å². The van der Waals surface area contributed by atoms with Crippen molar-refractivity contribution in [2.75, 3.05) is 13.4 Å². The van der Waals surface area contributed by atoms with Crippen LogP contribution in [0.5, 0.6) is 5.75 Å². The van der Waals surface area contributed by atoms with Gasteiger partial charge in [-0.05, 0) is 25.5 Å². The molecule has 0 amide bonds. The lowest BCUT2D eigenvalue weighted by Crippen LogP contribution is -2.47. The Morgan fingerprint density at radius 2 is 1.88 bits per heavy atom. The number of hydrogen-bond acceptors (Lipinski definition) is 9. The zero-order chi connectivity index (χ0) is 24.3. The minimum atomic E-state index is -4.09. The van der Waals surface area contributed by atoms with E-state index in [2.05, 4.69) is 9.81 Å². The Hall–Kier alpha value is -2.97. The van der Waals surface area contributed by atoms with E-state index >= 15 is 0 Å². The van der Waals surface area contributed by atoms with Crippen LogP contribution in [0.3, 0.4) is 0 Å². The Labute approximate surface area is 182 Å². The number of oxime groups is 1. The molecule has 0 bridgehead atoms. The van der Waals surface area contributed by atoms with Crippen LogP contribution in [0, 0.1) is 11.6 Å². The summed E-state index contributed by atoms with van der Waals surface area (Å²) in [5.74, 6) is -2.49. The molecule has 0 aliphatic rings. The molecular formula is C18H21BF2N2O8S. The number of sulfone groups is 1.